The summed E-state index contributed by atoms with van der Waals surface area (Å²) in [4.78, 5) is 21.7. The van der Waals surface area contributed by atoms with E-state index in [1.54, 1.807) is 7.11 Å². The summed E-state index contributed by atoms with van der Waals surface area (Å²) >= 11 is 0. The predicted octanol–water partition coefficient (Wildman–Crippen LogP) is 1.57. The van der Waals surface area contributed by atoms with Crippen molar-refractivity contribution in [2.45, 2.75) is 25.8 Å². The molecule has 2 N–H and O–H groups in total. The lowest BCUT2D eigenvalue weighted by Crippen LogP contribution is -2.22. The van der Waals surface area contributed by atoms with E-state index in [0.29, 0.717) is 13.0 Å². The summed E-state index contributed by atoms with van der Waals surface area (Å²) in [6.07, 6.45) is 0.627. The third kappa shape index (κ3) is 5.34. The highest BCUT2D eigenvalue weighted by atomic mass is 16.5. The molecule has 1 aromatic carbocycles. The van der Waals surface area contributed by atoms with Crippen molar-refractivity contribution in [2.24, 2.45) is 0 Å². The zero-order chi connectivity index (χ0) is 13.4. The largest absolute Gasteiger partial charge is 0.497 e. The van der Waals surface area contributed by atoms with Crippen LogP contribution in [0.1, 0.15) is 24.8 Å². The maximum absolute atomic E-state index is 11.4. The molecule has 0 unspecified atom stereocenters. The molecule has 0 saturated carbocycles. The Kier molecular flexibility index (Phi) is 5.70. The minimum Gasteiger partial charge on any atom is -0.497 e. The minimum atomic E-state index is -0.877. The summed E-state index contributed by atoms with van der Waals surface area (Å²) in [5, 5.41) is 11.2. The van der Waals surface area contributed by atoms with Crippen LogP contribution in [0.2, 0.25) is 0 Å². The summed E-state index contributed by atoms with van der Waals surface area (Å²) in [5.41, 5.74) is 0.974. The Morgan fingerprint density at radius 1 is 1.22 bits per heavy atom. The quantitative estimate of drug-likeness (QED) is 0.771. The van der Waals surface area contributed by atoms with E-state index in [1.807, 2.05) is 24.3 Å². The van der Waals surface area contributed by atoms with Gasteiger partial charge in [-0.1, -0.05) is 12.1 Å². The second-order valence-electron chi connectivity index (χ2n) is 3.87. The summed E-state index contributed by atoms with van der Waals surface area (Å²) < 4.78 is 5.03. The van der Waals surface area contributed by atoms with Gasteiger partial charge in [-0.2, -0.15) is 0 Å². The van der Waals surface area contributed by atoms with Crippen molar-refractivity contribution < 1.29 is 19.4 Å². The zero-order valence-electron chi connectivity index (χ0n) is 10.3. The Hall–Kier alpha value is -2.04. The fourth-order valence-corrected chi connectivity index (χ4v) is 1.43. The summed E-state index contributed by atoms with van der Waals surface area (Å²) in [7, 11) is 1.60. The van der Waals surface area contributed by atoms with Crippen molar-refractivity contribution >= 4 is 11.9 Å². The predicted molar refractivity (Wildman–Crippen MR) is 66.3 cm³/mol. The Bertz CT molecular complexity index is 400. The molecule has 98 valence electrons. The second kappa shape index (κ2) is 7.32. The van der Waals surface area contributed by atoms with E-state index in [-0.39, 0.29) is 18.7 Å². The first-order chi connectivity index (χ1) is 8.61. The number of carbonyl (C=O) groups excluding carboxylic acids is 1. The Labute approximate surface area is 106 Å². The van der Waals surface area contributed by atoms with Gasteiger partial charge in [-0.15, -0.1) is 0 Å². The fraction of sp³-hybridized carbons (Fsp3) is 0.385. The van der Waals surface area contributed by atoms with Crippen molar-refractivity contribution in [1.82, 2.24) is 5.32 Å². The molecule has 0 aliphatic heterocycles. The van der Waals surface area contributed by atoms with Crippen LogP contribution in [0.3, 0.4) is 0 Å². The van der Waals surface area contributed by atoms with Crippen LogP contribution in [0.15, 0.2) is 24.3 Å². The molecular formula is C13H17NO4. The number of amides is 1. The highest BCUT2D eigenvalue weighted by Crippen LogP contribution is 2.10. The van der Waals surface area contributed by atoms with Crippen LogP contribution in [0.5, 0.6) is 5.75 Å². The molecule has 1 aromatic rings. The van der Waals surface area contributed by atoms with Crippen molar-refractivity contribution in [3.8, 4) is 5.75 Å². The van der Waals surface area contributed by atoms with E-state index >= 15 is 0 Å². The molecule has 0 bridgehead atoms. The molecule has 18 heavy (non-hydrogen) atoms. The smallest absolute Gasteiger partial charge is 0.303 e. The molecule has 1 rings (SSSR count). The maximum atomic E-state index is 11.4. The van der Waals surface area contributed by atoms with E-state index in [4.69, 9.17) is 9.84 Å². The number of rotatable bonds is 7. The van der Waals surface area contributed by atoms with Gasteiger partial charge in [0.2, 0.25) is 5.91 Å². The van der Waals surface area contributed by atoms with Crippen LogP contribution in [0.25, 0.3) is 0 Å². The highest BCUT2D eigenvalue weighted by Gasteiger charge is 2.03. The third-order valence-corrected chi connectivity index (χ3v) is 2.44. The maximum Gasteiger partial charge on any atom is 0.303 e. The number of nitrogens with one attached hydrogen (secondary N) is 1. The summed E-state index contributed by atoms with van der Waals surface area (Å²) in [6.45, 7) is 0.440. The zero-order valence-corrected chi connectivity index (χ0v) is 10.3. The molecule has 0 spiro atoms. The molecular weight excluding hydrogens is 234 g/mol. The van der Waals surface area contributed by atoms with Crippen molar-refractivity contribution in [3.63, 3.8) is 0 Å². The lowest BCUT2D eigenvalue weighted by Gasteiger charge is -2.05. The van der Waals surface area contributed by atoms with Crippen LogP contribution in [-0.4, -0.2) is 24.1 Å². The van der Waals surface area contributed by atoms with Crippen LogP contribution >= 0.6 is 0 Å². The first-order valence-corrected chi connectivity index (χ1v) is 5.73. The molecule has 0 aromatic heterocycles. The van der Waals surface area contributed by atoms with Gasteiger partial charge in [-0.05, 0) is 24.1 Å². The van der Waals surface area contributed by atoms with Crippen LogP contribution in [0.4, 0.5) is 0 Å². The summed E-state index contributed by atoms with van der Waals surface area (Å²) in [6, 6.07) is 7.39. The normalized spacial score (nSPS) is 9.83. The van der Waals surface area contributed by atoms with Gasteiger partial charge in [0.05, 0.1) is 7.11 Å². The number of carboxylic acid groups (broad SMARTS) is 1. The van der Waals surface area contributed by atoms with Gasteiger partial charge in [-0.3, -0.25) is 9.59 Å². The van der Waals surface area contributed by atoms with Gasteiger partial charge >= 0.3 is 5.97 Å². The number of carboxylic acids is 1. The van der Waals surface area contributed by atoms with Crippen LogP contribution in [0, 0.1) is 0 Å². The Morgan fingerprint density at radius 2 is 1.89 bits per heavy atom. The topological polar surface area (TPSA) is 75.6 Å². The molecule has 0 saturated heterocycles. The van der Waals surface area contributed by atoms with Gasteiger partial charge in [0.25, 0.3) is 0 Å². The number of methoxy groups -OCH3 is 1. The lowest BCUT2D eigenvalue weighted by atomic mass is 10.2. The number of benzene rings is 1. The van der Waals surface area contributed by atoms with E-state index in [9.17, 15) is 9.59 Å². The molecule has 0 atom stereocenters. The lowest BCUT2D eigenvalue weighted by molar-refractivity contribution is -0.137. The Morgan fingerprint density at radius 3 is 2.44 bits per heavy atom. The average molecular weight is 251 g/mol. The standard InChI is InChI=1S/C13H17NO4/c1-18-11-7-5-10(6-8-11)9-14-12(15)3-2-4-13(16)17/h5-8H,2-4,9H2,1H3,(H,14,15)(H,16,17). The van der Waals surface area contributed by atoms with Gasteiger partial charge in [-0.25, -0.2) is 0 Å². The number of carbonyl (C=O) groups is 2. The fourth-order valence-electron chi connectivity index (χ4n) is 1.43. The van der Waals surface area contributed by atoms with E-state index in [2.05, 4.69) is 5.32 Å². The average Bonchev–Trinajstić information content (AvgIpc) is 2.36. The number of ether oxygens (including phenoxy) is 1. The third-order valence-electron chi connectivity index (χ3n) is 2.44. The van der Waals surface area contributed by atoms with E-state index in [1.165, 1.54) is 0 Å². The first kappa shape index (κ1) is 14.0. The van der Waals surface area contributed by atoms with Crippen LogP contribution < -0.4 is 10.1 Å². The molecule has 5 heteroatoms. The van der Waals surface area contributed by atoms with Crippen LogP contribution in [-0.2, 0) is 16.1 Å². The van der Waals surface area contributed by atoms with Crippen molar-refractivity contribution in [1.29, 1.82) is 0 Å². The summed E-state index contributed by atoms with van der Waals surface area (Å²) in [5.74, 6) is -0.239. The minimum absolute atomic E-state index is 0.0238. The molecule has 0 aliphatic carbocycles. The number of hydrogen-bond donors (Lipinski definition) is 2. The molecule has 0 heterocycles. The molecule has 0 aliphatic rings. The molecule has 0 radical (unpaired) electrons. The van der Waals surface area contributed by atoms with E-state index in [0.717, 1.165) is 11.3 Å². The van der Waals surface area contributed by atoms with Gasteiger partial charge in [0, 0.05) is 19.4 Å². The molecule has 1 amide bonds. The van der Waals surface area contributed by atoms with Crippen molar-refractivity contribution in [2.75, 3.05) is 7.11 Å². The Balaban J connectivity index is 2.26. The van der Waals surface area contributed by atoms with Gasteiger partial charge in [0.15, 0.2) is 0 Å². The highest BCUT2D eigenvalue weighted by molar-refractivity contribution is 5.76. The SMILES string of the molecule is COc1ccc(CNC(=O)CCCC(=O)O)cc1. The molecule has 5 nitrogen and oxygen atoms in total. The number of aliphatic carboxylic acids is 1. The van der Waals surface area contributed by atoms with E-state index < -0.39 is 5.97 Å². The second-order valence-corrected chi connectivity index (χ2v) is 3.87. The monoisotopic (exact) mass is 251 g/mol. The van der Waals surface area contributed by atoms with Gasteiger partial charge in [0.1, 0.15) is 5.75 Å². The van der Waals surface area contributed by atoms with Gasteiger partial charge < -0.3 is 15.2 Å². The first-order valence-electron chi connectivity index (χ1n) is 5.73. The number of hydrogen-bond acceptors (Lipinski definition) is 3. The van der Waals surface area contributed by atoms with Crippen molar-refractivity contribution in [3.05, 3.63) is 29.8 Å². The molecule has 0 fully saturated rings.